The maximum Gasteiger partial charge on any atom is 0.223 e. The minimum absolute atomic E-state index is 0.0276. The van der Waals surface area contributed by atoms with Crippen molar-refractivity contribution in [3.8, 4) is 0 Å². The number of benzene rings is 1. The van der Waals surface area contributed by atoms with Crippen LogP contribution in [0.5, 0.6) is 0 Å². The Balaban J connectivity index is 1.66. The summed E-state index contributed by atoms with van der Waals surface area (Å²) in [4.78, 5) is 12.1. The molecule has 0 saturated carbocycles. The number of carbonyl (C=O) groups is 1. The van der Waals surface area contributed by atoms with Crippen LogP contribution < -0.4 is 5.32 Å². The predicted octanol–water partition coefficient (Wildman–Crippen LogP) is 2.18. The highest BCUT2D eigenvalue weighted by molar-refractivity contribution is 5.79. The number of aliphatic hydroxyl groups is 1. The van der Waals surface area contributed by atoms with Crippen molar-refractivity contribution in [3.63, 3.8) is 0 Å². The fraction of sp³-hybridized carbons (Fsp3) is 0.471. The Labute approximate surface area is 129 Å². The van der Waals surface area contributed by atoms with Gasteiger partial charge in [0.05, 0.1) is 6.54 Å². The highest BCUT2D eigenvalue weighted by Crippen LogP contribution is 2.27. The quantitative estimate of drug-likeness (QED) is 0.908. The van der Waals surface area contributed by atoms with E-state index in [1.165, 1.54) is 0 Å². The molecule has 2 aromatic rings. The maximum atomic E-state index is 12.1. The van der Waals surface area contributed by atoms with E-state index in [0.717, 1.165) is 23.8 Å². The molecule has 22 heavy (non-hydrogen) atoms. The summed E-state index contributed by atoms with van der Waals surface area (Å²) in [5.41, 5.74) is -0.506. The van der Waals surface area contributed by atoms with Crippen LogP contribution >= 0.6 is 0 Å². The van der Waals surface area contributed by atoms with E-state index in [1.54, 1.807) is 6.92 Å². The molecule has 2 N–H and O–H groups in total. The summed E-state index contributed by atoms with van der Waals surface area (Å²) in [7, 11) is 0. The van der Waals surface area contributed by atoms with Gasteiger partial charge >= 0.3 is 0 Å². The molecule has 1 fully saturated rings. The van der Waals surface area contributed by atoms with Crippen molar-refractivity contribution in [2.75, 3.05) is 19.8 Å². The second-order valence-electron chi connectivity index (χ2n) is 6.03. The highest BCUT2D eigenvalue weighted by Gasteiger charge is 2.30. The number of furan rings is 1. The predicted molar refractivity (Wildman–Crippen MR) is 82.3 cm³/mol. The Hall–Kier alpha value is -1.85. The van der Waals surface area contributed by atoms with E-state index < -0.39 is 5.60 Å². The fourth-order valence-corrected chi connectivity index (χ4v) is 2.70. The van der Waals surface area contributed by atoms with Crippen molar-refractivity contribution in [3.05, 3.63) is 36.1 Å². The average molecular weight is 303 g/mol. The number of hydrogen-bond acceptors (Lipinski definition) is 4. The van der Waals surface area contributed by atoms with Gasteiger partial charge in [0, 0.05) is 24.5 Å². The van der Waals surface area contributed by atoms with Crippen molar-refractivity contribution in [2.45, 2.75) is 25.4 Å². The molecular weight excluding hydrogens is 282 g/mol. The van der Waals surface area contributed by atoms with Gasteiger partial charge in [0.2, 0.25) is 5.91 Å². The lowest BCUT2D eigenvalue weighted by atomic mass is 9.98. The topological polar surface area (TPSA) is 71.7 Å². The first-order valence-electron chi connectivity index (χ1n) is 7.63. The van der Waals surface area contributed by atoms with Gasteiger partial charge in [-0.25, -0.2) is 0 Å². The molecule has 1 unspecified atom stereocenters. The lowest BCUT2D eigenvalue weighted by Gasteiger charge is -2.25. The monoisotopic (exact) mass is 303 g/mol. The molecule has 2 heterocycles. The van der Waals surface area contributed by atoms with Gasteiger partial charge in [0.25, 0.3) is 0 Å². The summed E-state index contributed by atoms with van der Waals surface area (Å²) in [6.07, 6.45) is 1.47. The molecule has 118 valence electrons. The Kier molecular flexibility index (Phi) is 4.18. The van der Waals surface area contributed by atoms with Crippen LogP contribution in [0.1, 0.15) is 25.5 Å². The first-order valence-corrected chi connectivity index (χ1v) is 7.63. The third-order valence-electron chi connectivity index (χ3n) is 4.16. The van der Waals surface area contributed by atoms with Crippen LogP contribution in [0.3, 0.4) is 0 Å². The zero-order chi connectivity index (χ0) is 15.6. The van der Waals surface area contributed by atoms with Crippen LogP contribution in [0.25, 0.3) is 11.0 Å². The van der Waals surface area contributed by atoms with Crippen LogP contribution in [0.15, 0.2) is 34.7 Å². The first kappa shape index (κ1) is 15.1. The van der Waals surface area contributed by atoms with Crippen molar-refractivity contribution >= 4 is 16.9 Å². The van der Waals surface area contributed by atoms with Crippen molar-refractivity contribution < 1.29 is 19.1 Å². The van der Waals surface area contributed by atoms with E-state index in [9.17, 15) is 9.90 Å². The fourth-order valence-electron chi connectivity index (χ4n) is 2.70. The SMILES string of the molecule is CC(O)(CNC(=O)C1CCOCC1)c1cc2ccccc2o1. The maximum absolute atomic E-state index is 12.1. The molecule has 5 heteroatoms. The van der Waals surface area contributed by atoms with Gasteiger partial charge in [-0.1, -0.05) is 18.2 Å². The summed E-state index contributed by atoms with van der Waals surface area (Å²) >= 11 is 0. The number of amides is 1. The van der Waals surface area contributed by atoms with Gasteiger partial charge in [-0.05, 0) is 31.9 Å². The van der Waals surface area contributed by atoms with Crippen LogP contribution in [-0.4, -0.2) is 30.8 Å². The third-order valence-corrected chi connectivity index (χ3v) is 4.16. The molecule has 5 nitrogen and oxygen atoms in total. The van der Waals surface area contributed by atoms with Gasteiger partial charge in [-0.15, -0.1) is 0 Å². The van der Waals surface area contributed by atoms with Crippen LogP contribution in [0.2, 0.25) is 0 Å². The minimum atomic E-state index is -1.24. The molecule has 1 aromatic heterocycles. The standard InChI is InChI=1S/C17H21NO4/c1-17(20,11-18-16(19)12-6-8-21-9-7-12)15-10-13-4-2-3-5-14(13)22-15/h2-5,10,12,20H,6-9,11H2,1H3,(H,18,19). The number of para-hydroxylation sites is 1. The zero-order valence-corrected chi connectivity index (χ0v) is 12.7. The van der Waals surface area contributed by atoms with Crippen molar-refractivity contribution in [1.82, 2.24) is 5.32 Å². The number of carbonyl (C=O) groups excluding carboxylic acids is 1. The first-order chi connectivity index (χ1) is 10.6. The summed E-state index contributed by atoms with van der Waals surface area (Å²) < 4.78 is 10.9. The second kappa shape index (κ2) is 6.10. The summed E-state index contributed by atoms with van der Waals surface area (Å²) in [6.45, 7) is 3.02. The molecule has 1 aliphatic rings. The molecular formula is C17H21NO4. The number of rotatable bonds is 4. The third kappa shape index (κ3) is 3.15. The van der Waals surface area contributed by atoms with E-state index in [2.05, 4.69) is 5.32 Å². The molecule has 1 atom stereocenters. The zero-order valence-electron chi connectivity index (χ0n) is 12.7. The van der Waals surface area contributed by atoms with E-state index >= 15 is 0 Å². The van der Waals surface area contributed by atoms with Crippen molar-refractivity contribution in [2.24, 2.45) is 5.92 Å². The van der Waals surface area contributed by atoms with Gasteiger partial charge < -0.3 is 19.6 Å². The van der Waals surface area contributed by atoms with E-state index in [-0.39, 0.29) is 18.4 Å². The minimum Gasteiger partial charge on any atom is -0.458 e. The van der Waals surface area contributed by atoms with E-state index in [1.807, 2.05) is 30.3 Å². The molecule has 0 bridgehead atoms. The molecule has 1 saturated heterocycles. The molecule has 3 rings (SSSR count). The average Bonchev–Trinajstić information content (AvgIpc) is 2.98. The van der Waals surface area contributed by atoms with Gasteiger partial charge in [0.15, 0.2) is 0 Å². The molecule has 1 aliphatic heterocycles. The van der Waals surface area contributed by atoms with Gasteiger partial charge in [0.1, 0.15) is 16.9 Å². The number of fused-ring (bicyclic) bond motifs is 1. The van der Waals surface area contributed by atoms with Crippen LogP contribution in [0, 0.1) is 5.92 Å². The molecule has 0 aliphatic carbocycles. The summed E-state index contributed by atoms with van der Waals surface area (Å²) in [5.74, 6) is 0.404. The van der Waals surface area contributed by atoms with Gasteiger partial charge in [-0.3, -0.25) is 4.79 Å². The Morgan fingerprint density at radius 2 is 2.09 bits per heavy atom. The van der Waals surface area contributed by atoms with Crippen molar-refractivity contribution in [1.29, 1.82) is 0 Å². The lowest BCUT2D eigenvalue weighted by molar-refractivity contribution is -0.129. The van der Waals surface area contributed by atoms with Crippen LogP contribution in [-0.2, 0) is 15.1 Å². The molecule has 1 amide bonds. The largest absolute Gasteiger partial charge is 0.458 e. The molecule has 1 aromatic carbocycles. The number of ether oxygens (including phenoxy) is 1. The molecule has 0 spiro atoms. The smallest absolute Gasteiger partial charge is 0.223 e. The second-order valence-corrected chi connectivity index (χ2v) is 6.03. The number of hydrogen-bond donors (Lipinski definition) is 2. The van der Waals surface area contributed by atoms with E-state index in [0.29, 0.717) is 19.0 Å². The van der Waals surface area contributed by atoms with Crippen LogP contribution in [0.4, 0.5) is 0 Å². The number of nitrogens with one attached hydrogen (secondary N) is 1. The van der Waals surface area contributed by atoms with Gasteiger partial charge in [-0.2, -0.15) is 0 Å². The normalized spacial score (nSPS) is 19.0. The Morgan fingerprint density at radius 3 is 2.82 bits per heavy atom. The van der Waals surface area contributed by atoms with E-state index in [4.69, 9.17) is 9.15 Å². The summed E-state index contributed by atoms with van der Waals surface area (Å²) in [6, 6.07) is 9.41. The molecule has 0 radical (unpaired) electrons. The lowest BCUT2D eigenvalue weighted by Crippen LogP contribution is -2.42. The highest BCUT2D eigenvalue weighted by atomic mass is 16.5. The Bertz CT molecular complexity index is 622. The Morgan fingerprint density at radius 1 is 1.36 bits per heavy atom. The summed E-state index contributed by atoms with van der Waals surface area (Å²) in [5, 5.41) is 14.4.